The zero-order valence-electron chi connectivity index (χ0n) is 10.5. The van der Waals surface area contributed by atoms with Crippen molar-refractivity contribution in [3.63, 3.8) is 0 Å². The molecule has 0 unspecified atom stereocenters. The van der Waals surface area contributed by atoms with E-state index in [1.807, 2.05) is 0 Å². The van der Waals surface area contributed by atoms with E-state index in [2.05, 4.69) is 10.3 Å². The third kappa shape index (κ3) is 4.25. The number of anilines is 1. The van der Waals surface area contributed by atoms with Crippen LogP contribution in [0.2, 0.25) is 10.2 Å². The Hall–Kier alpha value is -1.53. The van der Waals surface area contributed by atoms with Crippen LogP contribution in [0.5, 0.6) is 0 Å². The molecule has 6 nitrogen and oxygen atoms in total. The first-order valence-electron chi connectivity index (χ1n) is 5.19. The second kappa shape index (κ2) is 5.63. The summed E-state index contributed by atoms with van der Waals surface area (Å²) in [5.41, 5.74) is -1.14. The molecule has 19 heavy (non-hydrogen) atoms. The summed E-state index contributed by atoms with van der Waals surface area (Å²) in [6.07, 6.45) is 0.289. The lowest BCUT2D eigenvalue weighted by molar-refractivity contribution is 0.0636. The fourth-order valence-electron chi connectivity index (χ4n) is 1.18. The molecule has 0 fully saturated rings. The quantitative estimate of drug-likeness (QED) is 0.817. The number of hydrogen-bond acceptors (Lipinski definition) is 4. The van der Waals surface area contributed by atoms with Gasteiger partial charge in [0.25, 0.3) is 0 Å². The highest BCUT2D eigenvalue weighted by Crippen LogP contribution is 2.29. The molecule has 1 heterocycles. The normalized spacial score (nSPS) is 11.0. The van der Waals surface area contributed by atoms with Gasteiger partial charge in [-0.3, -0.25) is 5.32 Å². The molecule has 1 rings (SSSR count). The summed E-state index contributed by atoms with van der Waals surface area (Å²) in [5.74, 6) is -1.33. The van der Waals surface area contributed by atoms with Crippen molar-refractivity contribution < 1.29 is 19.4 Å². The van der Waals surface area contributed by atoms with E-state index < -0.39 is 17.7 Å². The van der Waals surface area contributed by atoms with Gasteiger partial charge in [0.15, 0.2) is 0 Å². The van der Waals surface area contributed by atoms with Crippen LogP contribution in [0, 0.1) is 0 Å². The van der Waals surface area contributed by atoms with Gasteiger partial charge < -0.3 is 9.84 Å². The molecule has 0 spiro atoms. The molecule has 0 aromatic carbocycles. The van der Waals surface area contributed by atoms with Crippen LogP contribution in [-0.2, 0) is 4.74 Å². The van der Waals surface area contributed by atoms with E-state index in [0.29, 0.717) is 0 Å². The first-order valence-corrected chi connectivity index (χ1v) is 5.94. The molecule has 8 heteroatoms. The molecule has 0 bridgehead atoms. The molecule has 0 aliphatic carbocycles. The highest BCUT2D eigenvalue weighted by molar-refractivity contribution is 6.43. The van der Waals surface area contributed by atoms with Gasteiger partial charge >= 0.3 is 12.1 Å². The number of carbonyl (C=O) groups excluding carboxylic acids is 1. The number of aromatic nitrogens is 1. The summed E-state index contributed by atoms with van der Waals surface area (Å²) in [6, 6.07) is 0. The van der Waals surface area contributed by atoms with E-state index in [0.717, 1.165) is 6.20 Å². The first-order chi connectivity index (χ1) is 8.61. The number of rotatable bonds is 2. The summed E-state index contributed by atoms with van der Waals surface area (Å²) in [7, 11) is 0. The van der Waals surface area contributed by atoms with Crippen LogP contribution in [-0.4, -0.2) is 27.8 Å². The summed E-state index contributed by atoms with van der Waals surface area (Å²) in [4.78, 5) is 26.3. The van der Waals surface area contributed by atoms with Crippen molar-refractivity contribution in [3.05, 3.63) is 21.9 Å². The van der Waals surface area contributed by atoms with E-state index in [-0.39, 0.29) is 21.4 Å². The summed E-state index contributed by atoms with van der Waals surface area (Å²) < 4.78 is 5.00. The number of nitrogens with zero attached hydrogens (tertiary/aromatic N) is 1. The Balaban J connectivity index is 3.05. The SMILES string of the molecule is CC(C)(C)OC(=O)Nc1cnc(Cl)c(Cl)c1C(=O)O. The molecule has 0 aliphatic rings. The molecule has 0 aliphatic heterocycles. The maximum absolute atomic E-state index is 11.6. The van der Waals surface area contributed by atoms with Gasteiger partial charge in [0.2, 0.25) is 0 Å². The number of nitrogens with one attached hydrogen (secondary N) is 1. The molecule has 0 atom stereocenters. The Morgan fingerprint density at radius 3 is 2.42 bits per heavy atom. The van der Waals surface area contributed by atoms with Gasteiger partial charge in [-0.05, 0) is 20.8 Å². The van der Waals surface area contributed by atoms with Gasteiger partial charge in [0, 0.05) is 0 Å². The molecule has 104 valence electrons. The topological polar surface area (TPSA) is 88.5 Å². The minimum Gasteiger partial charge on any atom is -0.478 e. The number of aromatic carboxylic acids is 1. The Bertz CT molecular complexity index is 526. The Labute approximate surface area is 119 Å². The average molecular weight is 307 g/mol. The van der Waals surface area contributed by atoms with Crippen LogP contribution >= 0.6 is 23.2 Å². The molecular weight excluding hydrogens is 295 g/mol. The summed E-state index contributed by atoms with van der Waals surface area (Å²) in [5, 5.41) is 10.9. The van der Waals surface area contributed by atoms with Crippen LogP contribution in [0.4, 0.5) is 10.5 Å². The number of carbonyl (C=O) groups is 2. The number of halogens is 2. The lowest BCUT2D eigenvalue weighted by Crippen LogP contribution is -2.27. The average Bonchev–Trinajstić information content (AvgIpc) is 2.20. The maximum Gasteiger partial charge on any atom is 0.412 e. The number of amides is 1. The standard InChI is InChI=1S/C11H12Cl2N2O4/c1-11(2,3)19-10(18)15-5-4-14-8(13)7(12)6(5)9(16)17/h4H,1-3H3,(H,15,18)(H,16,17). The van der Waals surface area contributed by atoms with Gasteiger partial charge in [-0.1, -0.05) is 23.2 Å². The zero-order valence-corrected chi connectivity index (χ0v) is 12.0. The summed E-state index contributed by atoms with van der Waals surface area (Å²) in [6.45, 7) is 5.04. The smallest absolute Gasteiger partial charge is 0.412 e. The number of pyridine rings is 1. The van der Waals surface area contributed by atoms with Crippen molar-refractivity contribution in [1.29, 1.82) is 0 Å². The second-order valence-electron chi connectivity index (χ2n) is 4.58. The Morgan fingerprint density at radius 1 is 1.37 bits per heavy atom. The third-order valence-corrected chi connectivity index (χ3v) is 2.58. The largest absolute Gasteiger partial charge is 0.478 e. The third-order valence-electron chi connectivity index (χ3n) is 1.83. The van der Waals surface area contributed by atoms with Crippen LogP contribution < -0.4 is 5.32 Å². The molecule has 1 amide bonds. The fraction of sp³-hybridized carbons (Fsp3) is 0.364. The molecule has 0 saturated heterocycles. The van der Waals surface area contributed by atoms with Gasteiger partial charge in [0.05, 0.1) is 16.9 Å². The van der Waals surface area contributed by atoms with Crippen molar-refractivity contribution in [1.82, 2.24) is 4.98 Å². The van der Waals surface area contributed by atoms with E-state index in [1.165, 1.54) is 0 Å². The van der Waals surface area contributed by atoms with Crippen LogP contribution in [0.15, 0.2) is 6.20 Å². The van der Waals surface area contributed by atoms with Crippen LogP contribution in [0.3, 0.4) is 0 Å². The highest BCUT2D eigenvalue weighted by atomic mass is 35.5. The molecule has 0 saturated carbocycles. The van der Waals surface area contributed by atoms with Crippen molar-refractivity contribution in [2.45, 2.75) is 26.4 Å². The predicted octanol–water partition coefficient (Wildman–Crippen LogP) is 3.43. The van der Waals surface area contributed by atoms with Crippen LogP contribution in [0.25, 0.3) is 0 Å². The number of ether oxygens (including phenoxy) is 1. The maximum atomic E-state index is 11.6. The van der Waals surface area contributed by atoms with Crippen molar-refractivity contribution in [2.75, 3.05) is 5.32 Å². The van der Waals surface area contributed by atoms with Crippen molar-refractivity contribution in [3.8, 4) is 0 Å². The lowest BCUT2D eigenvalue weighted by atomic mass is 10.2. The number of carboxylic acid groups (broad SMARTS) is 1. The van der Waals surface area contributed by atoms with Crippen molar-refractivity contribution >= 4 is 41.0 Å². The molecule has 2 N–H and O–H groups in total. The minimum absolute atomic E-state index is 0.0869. The Morgan fingerprint density at radius 2 is 1.95 bits per heavy atom. The first kappa shape index (κ1) is 15.5. The highest BCUT2D eigenvalue weighted by Gasteiger charge is 2.22. The van der Waals surface area contributed by atoms with Crippen LogP contribution in [0.1, 0.15) is 31.1 Å². The second-order valence-corrected chi connectivity index (χ2v) is 5.32. The van der Waals surface area contributed by atoms with E-state index in [4.69, 9.17) is 33.0 Å². The van der Waals surface area contributed by atoms with Gasteiger partial charge in [0.1, 0.15) is 16.3 Å². The van der Waals surface area contributed by atoms with E-state index in [1.54, 1.807) is 20.8 Å². The zero-order chi connectivity index (χ0) is 14.8. The summed E-state index contributed by atoms with van der Waals surface area (Å²) >= 11 is 11.4. The van der Waals surface area contributed by atoms with Crippen molar-refractivity contribution in [2.24, 2.45) is 0 Å². The van der Waals surface area contributed by atoms with Gasteiger partial charge in [-0.15, -0.1) is 0 Å². The predicted molar refractivity (Wildman–Crippen MR) is 71.1 cm³/mol. The Kier molecular flexibility index (Phi) is 4.60. The monoisotopic (exact) mass is 306 g/mol. The molecular formula is C11H12Cl2N2O4. The van der Waals surface area contributed by atoms with E-state index >= 15 is 0 Å². The fourth-order valence-corrected chi connectivity index (χ4v) is 1.56. The molecule has 1 aromatic rings. The minimum atomic E-state index is -1.33. The molecule has 1 aromatic heterocycles. The van der Waals surface area contributed by atoms with E-state index in [9.17, 15) is 9.59 Å². The van der Waals surface area contributed by atoms with Gasteiger partial charge in [-0.2, -0.15) is 0 Å². The number of hydrogen-bond donors (Lipinski definition) is 2. The number of carboxylic acids is 1. The van der Waals surface area contributed by atoms with Gasteiger partial charge in [-0.25, -0.2) is 14.6 Å². The molecule has 0 radical (unpaired) electrons. The lowest BCUT2D eigenvalue weighted by Gasteiger charge is -2.20.